The molecule has 0 spiro atoms. The molecule has 1 aliphatic heterocycles. The average Bonchev–Trinajstić information content (AvgIpc) is 3.60. The van der Waals surface area contributed by atoms with Crippen LogP contribution < -0.4 is 20.3 Å². The molecule has 1 aliphatic rings. The molecule has 42 heavy (non-hydrogen) atoms. The van der Waals surface area contributed by atoms with Crippen molar-refractivity contribution >= 4 is 64.4 Å². The Morgan fingerprint density at radius 2 is 1.83 bits per heavy atom. The van der Waals surface area contributed by atoms with Gasteiger partial charge in [0.15, 0.2) is 0 Å². The molecule has 1 saturated heterocycles. The van der Waals surface area contributed by atoms with Crippen LogP contribution in [-0.4, -0.2) is 36.0 Å². The number of furan rings is 1. The van der Waals surface area contributed by atoms with E-state index in [1.807, 2.05) is 0 Å². The number of anilines is 2. The van der Waals surface area contributed by atoms with Crippen molar-refractivity contribution in [3.8, 4) is 5.75 Å². The van der Waals surface area contributed by atoms with E-state index < -0.39 is 17.1 Å². The van der Waals surface area contributed by atoms with Crippen molar-refractivity contribution in [3.05, 3.63) is 113 Å². The van der Waals surface area contributed by atoms with Gasteiger partial charge in [-0.15, -0.1) is 11.8 Å². The Morgan fingerprint density at radius 3 is 2.55 bits per heavy atom. The van der Waals surface area contributed by atoms with E-state index in [1.165, 1.54) is 37.3 Å². The molecule has 2 heterocycles. The maximum absolute atomic E-state index is 13.3. The minimum absolute atomic E-state index is 0.00524. The lowest BCUT2D eigenvalue weighted by atomic mass is 10.2. The first-order chi connectivity index (χ1) is 20.3. The zero-order valence-corrected chi connectivity index (χ0v) is 23.8. The zero-order valence-electron chi connectivity index (χ0n) is 22.2. The summed E-state index contributed by atoms with van der Waals surface area (Å²) >= 11 is 7.42. The van der Waals surface area contributed by atoms with E-state index in [-0.39, 0.29) is 29.0 Å². The molecule has 1 atom stereocenters. The lowest BCUT2D eigenvalue weighted by molar-refractivity contribution is -0.121. The molecular weight excluding hydrogens is 578 g/mol. The van der Waals surface area contributed by atoms with Crippen molar-refractivity contribution in [2.45, 2.75) is 16.6 Å². The summed E-state index contributed by atoms with van der Waals surface area (Å²) in [7, 11) is 1.48. The van der Waals surface area contributed by atoms with Gasteiger partial charge in [0.1, 0.15) is 17.2 Å². The Bertz CT molecular complexity index is 1670. The molecule has 3 aromatic carbocycles. The van der Waals surface area contributed by atoms with Gasteiger partial charge >= 0.3 is 0 Å². The summed E-state index contributed by atoms with van der Waals surface area (Å²) in [5.41, 5.74) is 1.16. The van der Waals surface area contributed by atoms with E-state index in [0.717, 1.165) is 4.90 Å². The second-order valence-electron chi connectivity index (χ2n) is 9.07. The van der Waals surface area contributed by atoms with E-state index in [1.54, 1.807) is 78.9 Å². The van der Waals surface area contributed by atoms with E-state index in [0.29, 0.717) is 33.3 Å². The lowest BCUT2D eigenvalue weighted by Crippen LogP contribution is -2.31. The van der Waals surface area contributed by atoms with E-state index in [4.69, 9.17) is 20.8 Å². The minimum Gasteiger partial charge on any atom is -0.495 e. The maximum atomic E-state index is 13.3. The molecule has 212 valence electrons. The first-order valence-electron chi connectivity index (χ1n) is 12.7. The highest BCUT2D eigenvalue weighted by atomic mass is 35.5. The van der Waals surface area contributed by atoms with Crippen LogP contribution in [0.5, 0.6) is 5.75 Å². The lowest BCUT2D eigenvalue weighted by Gasteiger charge is -2.16. The fourth-order valence-electron chi connectivity index (χ4n) is 4.23. The number of nitrogens with one attached hydrogen (secondary N) is 2. The van der Waals surface area contributed by atoms with Crippen LogP contribution in [0.15, 0.2) is 106 Å². The zero-order chi connectivity index (χ0) is 29.6. The van der Waals surface area contributed by atoms with Crippen molar-refractivity contribution in [2.75, 3.05) is 17.3 Å². The molecule has 4 amide bonds. The standard InChI is InChI=1S/C31H24ClN3O6S/c1-40-26-13-12-21(16-24(26)32)35-28(36)18-27(31(35)39)42-23-11-5-9-20(15-23)33-30(38)25(17-22-10-6-14-41-22)34-29(37)19-7-3-2-4-8-19/h2-17,27H,18H2,1H3,(H,33,38)(H,34,37)/b25-17-. The molecule has 0 radical (unpaired) electrons. The molecule has 0 bridgehead atoms. The molecule has 0 aliphatic carbocycles. The molecule has 1 unspecified atom stereocenters. The highest BCUT2D eigenvalue weighted by Crippen LogP contribution is 2.37. The summed E-state index contributed by atoms with van der Waals surface area (Å²) in [6, 6.07) is 23.4. The highest BCUT2D eigenvalue weighted by Gasteiger charge is 2.40. The smallest absolute Gasteiger partial charge is 0.272 e. The highest BCUT2D eigenvalue weighted by molar-refractivity contribution is 8.00. The first kappa shape index (κ1) is 28.7. The number of carbonyl (C=O) groups excluding carboxylic acids is 4. The van der Waals surface area contributed by atoms with Gasteiger partial charge in [-0.3, -0.25) is 19.2 Å². The summed E-state index contributed by atoms with van der Waals surface area (Å²) in [6.45, 7) is 0. The van der Waals surface area contributed by atoms with Crippen molar-refractivity contribution in [3.63, 3.8) is 0 Å². The van der Waals surface area contributed by atoms with Crippen LogP contribution in [0.1, 0.15) is 22.5 Å². The second-order valence-corrected chi connectivity index (χ2v) is 10.8. The SMILES string of the molecule is COc1ccc(N2C(=O)CC(Sc3cccc(NC(=O)/C(=C/c4ccco4)NC(=O)c4ccccc4)c3)C2=O)cc1Cl. The number of nitrogens with zero attached hydrogens (tertiary/aromatic N) is 1. The number of hydrogen-bond donors (Lipinski definition) is 2. The number of thioether (sulfide) groups is 1. The summed E-state index contributed by atoms with van der Waals surface area (Å²) in [5, 5.41) is 5.05. The molecule has 1 fully saturated rings. The Kier molecular flexibility index (Phi) is 8.75. The van der Waals surface area contributed by atoms with Crippen LogP contribution in [0, 0.1) is 0 Å². The van der Waals surface area contributed by atoms with E-state index in [9.17, 15) is 19.2 Å². The fraction of sp³-hybridized carbons (Fsp3) is 0.0968. The van der Waals surface area contributed by atoms with Crippen molar-refractivity contribution in [2.24, 2.45) is 0 Å². The van der Waals surface area contributed by atoms with Gasteiger partial charge < -0.3 is 19.8 Å². The van der Waals surface area contributed by atoms with E-state index in [2.05, 4.69) is 10.6 Å². The normalized spacial score (nSPS) is 15.0. The second kappa shape index (κ2) is 12.8. The van der Waals surface area contributed by atoms with Crippen LogP contribution in [0.4, 0.5) is 11.4 Å². The quantitative estimate of drug-likeness (QED) is 0.185. The summed E-state index contributed by atoms with van der Waals surface area (Å²) in [6.07, 6.45) is 2.89. The number of rotatable bonds is 9. The van der Waals surface area contributed by atoms with Gasteiger partial charge in [-0.25, -0.2) is 4.90 Å². The average molecular weight is 602 g/mol. The van der Waals surface area contributed by atoms with Gasteiger partial charge in [-0.1, -0.05) is 35.9 Å². The predicted molar refractivity (Wildman–Crippen MR) is 160 cm³/mol. The number of amides is 4. The number of benzene rings is 3. The van der Waals surface area contributed by atoms with Crippen LogP contribution in [0.3, 0.4) is 0 Å². The Balaban J connectivity index is 1.30. The Morgan fingerprint density at radius 1 is 1.02 bits per heavy atom. The summed E-state index contributed by atoms with van der Waals surface area (Å²) < 4.78 is 10.5. The number of carbonyl (C=O) groups is 4. The molecule has 5 rings (SSSR count). The molecule has 11 heteroatoms. The maximum Gasteiger partial charge on any atom is 0.272 e. The van der Waals surface area contributed by atoms with Crippen molar-refractivity contribution < 1.29 is 28.3 Å². The third-order valence-corrected chi connectivity index (χ3v) is 7.70. The van der Waals surface area contributed by atoms with Gasteiger partial charge in [0, 0.05) is 28.6 Å². The number of hydrogen-bond acceptors (Lipinski definition) is 7. The Hall–Kier alpha value is -4.80. The monoisotopic (exact) mass is 601 g/mol. The topological polar surface area (TPSA) is 118 Å². The number of ether oxygens (including phenoxy) is 1. The van der Waals surface area contributed by atoms with Gasteiger partial charge in [0.2, 0.25) is 11.8 Å². The number of halogens is 1. The molecule has 9 nitrogen and oxygen atoms in total. The molecule has 2 N–H and O–H groups in total. The van der Waals surface area contributed by atoms with Crippen LogP contribution >= 0.6 is 23.4 Å². The van der Waals surface area contributed by atoms with Crippen LogP contribution in [0.2, 0.25) is 5.02 Å². The van der Waals surface area contributed by atoms with Gasteiger partial charge in [0.05, 0.1) is 29.3 Å². The third kappa shape index (κ3) is 6.56. The Labute approximate surface area is 250 Å². The minimum atomic E-state index is -0.663. The largest absolute Gasteiger partial charge is 0.495 e. The summed E-state index contributed by atoms with van der Waals surface area (Å²) in [4.78, 5) is 53.8. The molecule has 4 aromatic rings. The third-order valence-electron chi connectivity index (χ3n) is 6.23. The predicted octanol–water partition coefficient (Wildman–Crippen LogP) is 5.78. The fourth-order valence-corrected chi connectivity index (χ4v) is 5.59. The number of methoxy groups -OCH3 is 1. The molecule has 0 saturated carbocycles. The molecular formula is C31H24ClN3O6S. The van der Waals surface area contributed by atoms with Gasteiger partial charge in [-0.2, -0.15) is 0 Å². The van der Waals surface area contributed by atoms with Crippen LogP contribution in [-0.2, 0) is 14.4 Å². The molecule has 1 aromatic heterocycles. The van der Waals surface area contributed by atoms with E-state index >= 15 is 0 Å². The summed E-state index contributed by atoms with van der Waals surface area (Å²) in [5.74, 6) is -0.929. The van der Waals surface area contributed by atoms with Gasteiger partial charge in [-0.05, 0) is 60.7 Å². The number of imide groups is 1. The van der Waals surface area contributed by atoms with Crippen LogP contribution in [0.25, 0.3) is 6.08 Å². The van der Waals surface area contributed by atoms with Crippen molar-refractivity contribution in [1.82, 2.24) is 5.32 Å². The first-order valence-corrected chi connectivity index (χ1v) is 14.0. The van der Waals surface area contributed by atoms with Crippen molar-refractivity contribution in [1.29, 1.82) is 0 Å². The van der Waals surface area contributed by atoms with Gasteiger partial charge in [0.25, 0.3) is 11.8 Å².